The molecule has 7 heteroatoms. The fraction of sp³-hybridized carbons (Fsp3) is 0.200. The van der Waals surface area contributed by atoms with Crippen LogP contribution in [-0.2, 0) is 29.5 Å². The summed E-state index contributed by atoms with van der Waals surface area (Å²) in [5.41, 5.74) is 2.15. The number of rotatable bonds is 7. The van der Waals surface area contributed by atoms with Crippen molar-refractivity contribution in [1.82, 2.24) is 14.3 Å². The van der Waals surface area contributed by atoms with Crippen molar-refractivity contribution >= 4 is 26.0 Å². The summed E-state index contributed by atoms with van der Waals surface area (Å²) in [5.74, 6) is 0. The lowest BCUT2D eigenvalue weighted by Crippen LogP contribution is -2.31. The Morgan fingerprint density at radius 2 is 1.52 bits per heavy atom. The highest BCUT2D eigenvalue weighted by Crippen LogP contribution is 2.26. The first kappa shape index (κ1) is 19.7. The molecule has 0 N–H and O–H groups in total. The Balaban J connectivity index is 2.02. The summed E-state index contributed by atoms with van der Waals surface area (Å²) in [6.07, 6.45) is 3.95. The molecule has 3 aromatic rings. The molecule has 140 valence electrons. The van der Waals surface area contributed by atoms with Crippen molar-refractivity contribution in [2.24, 2.45) is 0 Å². The molecule has 2 aromatic heterocycles. The molecule has 0 fully saturated rings. The molecule has 0 bridgehead atoms. The first-order valence-electron chi connectivity index (χ1n) is 8.59. The average molecular weight is 446 g/mol. The molecule has 3 rings (SSSR count). The van der Waals surface area contributed by atoms with E-state index in [-0.39, 0.29) is 13.1 Å². The lowest BCUT2D eigenvalue weighted by Gasteiger charge is -2.23. The van der Waals surface area contributed by atoms with Crippen LogP contribution in [0.4, 0.5) is 0 Å². The largest absolute Gasteiger partial charge is 0.260 e. The second-order valence-corrected chi connectivity index (χ2v) is 8.84. The third kappa shape index (κ3) is 4.80. The maximum Gasteiger partial charge on any atom is 0.244 e. The Morgan fingerprint density at radius 3 is 2.00 bits per heavy atom. The number of halogens is 1. The number of hydrogen-bond acceptors (Lipinski definition) is 4. The Bertz CT molecular complexity index is 955. The van der Waals surface area contributed by atoms with Crippen LogP contribution in [0.5, 0.6) is 0 Å². The minimum Gasteiger partial charge on any atom is -0.260 e. The summed E-state index contributed by atoms with van der Waals surface area (Å²) in [6.45, 7) is 2.31. The molecular formula is C20H20BrN3O2S. The van der Waals surface area contributed by atoms with E-state index in [0.29, 0.717) is 22.7 Å². The van der Waals surface area contributed by atoms with Gasteiger partial charge < -0.3 is 0 Å². The Morgan fingerprint density at radius 1 is 0.926 bits per heavy atom. The van der Waals surface area contributed by atoms with Gasteiger partial charge in [-0.2, -0.15) is 4.31 Å². The summed E-state index contributed by atoms with van der Waals surface area (Å²) in [6, 6.07) is 16.2. The molecule has 0 amide bonds. The minimum absolute atomic E-state index is 0.180. The summed E-state index contributed by atoms with van der Waals surface area (Å²) in [4.78, 5) is 8.90. The van der Waals surface area contributed by atoms with Crippen LogP contribution in [0, 0.1) is 0 Å². The summed E-state index contributed by atoms with van der Waals surface area (Å²) in [5, 5.41) is 0. The highest BCUT2D eigenvalue weighted by atomic mass is 79.9. The van der Waals surface area contributed by atoms with Gasteiger partial charge in [-0.15, -0.1) is 0 Å². The number of pyridine rings is 2. The molecular weight excluding hydrogens is 426 g/mol. The van der Waals surface area contributed by atoms with Gasteiger partial charge in [0, 0.05) is 16.9 Å². The van der Waals surface area contributed by atoms with Crippen LogP contribution in [0.1, 0.15) is 23.9 Å². The molecule has 0 aliphatic heterocycles. The first-order chi connectivity index (χ1) is 13.0. The van der Waals surface area contributed by atoms with Crippen LogP contribution in [-0.4, -0.2) is 22.7 Å². The SMILES string of the molecule is CCc1cc(Br)ccc1S(=O)(=O)N(Cc1ccccn1)Cc1ccccn1. The molecule has 2 heterocycles. The van der Waals surface area contributed by atoms with Gasteiger partial charge in [0.15, 0.2) is 0 Å². The average Bonchev–Trinajstić information content (AvgIpc) is 2.68. The van der Waals surface area contributed by atoms with Crippen molar-refractivity contribution in [2.75, 3.05) is 0 Å². The van der Waals surface area contributed by atoms with Crippen LogP contribution in [0.3, 0.4) is 0 Å². The second-order valence-electron chi connectivity index (χ2n) is 6.02. The Labute approximate surface area is 168 Å². The molecule has 0 saturated carbocycles. The fourth-order valence-corrected chi connectivity index (χ4v) is 4.85. The predicted molar refractivity (Wildman–Crippen MR) is 108 cm³/mol. The van der Waals surface area contributed by atoms with E-state index in [1.54, 1.807) is 24.5 Å². The number of aryl methyl sites for hydroxylation is 1. The van der Waals surface area contributed by atoms with E-state index >= 15 is 0 Å². The fourth-order valence-electron chi connectivity index (χ4n) is 2.79. The molecule has 0 spiro atoms. The summed E-state index contributed by atoms with van der Waals surface area (Å²) < 4.78 is 29.3. The summed E-state index contributed by atoms with van der Waals surface area (Å²) in [7, 11) is -3.72. The maximum absolute atomic E-state index is 13.5. The van der Waals surface area contributed by atoms with Crippen molar-refractivity contribution in [3.8, 4) is 0 Å². The summed E-state index contributed by atoms with van der Waals surface area (Å²) >= 11 is 3.42. The van der Waals surface area contributed by atoms with Crippen LogP contribution in [0.25, 0.3) is 0 Å². The van der Waals surface area contributed by atoms with Crippen molar-refractivity contribution in [2.45, 2.75) is 31.3 Å². The molecule has 0 atom stereocenters. The lowest BCUT2D eigenvalue weighted by molar-refractivity contribution is 0.392. The molecule has 0 radical (unpaired) electrons. The molecule has 0 aliphatic rings. The van der Waals surface area contributed by atoms with E-state index in [1.165, 1.54) is 4.31 Å². The maximum atomic E-state index is 13.5. The molecule has 0 unspecified atom stereocenters. The lowest BCUT2D eigenvalue weighted by atomic mass is 10.2. The van der Waals surface area contributed by atoms with Crippen molar-refractivity contribution in [3.05, 3.63) is 88.4 Å². The minimum atomic E-state index is -3.72. The van der Waals surface area contributed by atoms with Crippen molar-refractivity contribution in [1.29, 1.82) is 0 Å². The molecule has 5 nitrogen and oxygen atoms in total. The van der Waals surface area contributed by atoms with Gasteiger partial charge in [0.2, 0.25) is 10.0 Å². The first-order valence-corrected chi connectivity index (χ1v) is 10.8. The van der Waals surface area contributed by atoms with Crippen LogP contribution in [0.15, 0.2) is 76.4 Å². The third-order valence-electron chi connectivity index (χ3n) is 4.15. The number of benzene rings is 1. The van der Waals surface area contributed by atoms with Crippen LogP contribution >= 0.6 is 15.9 Å². The zero-order chi connectivity index (χ0) is 19.3. The molecule has 1 aromatic carbocycles. The van der Waals surface area contributed by atoms with Gasteiger partial charge in [-0.05, 0) is 54.4 Å². The van der Waals surface area contributed by atoms with Crippen molar-refractivity contribution in [3.63, 3.8) is 0 Å². The Kier molecular flexibility index (Phi) is 6.36. The zero-order valence-corrected chi connectivity index (χ0v) is 17.3. The van der Waals surface area contributed by atoms with Gasteiger partial charge in [-0.25, -0.2) is 8.42 Å². The monoisotopic (exact) mass is 445 g/mol. The Hall–Kier alpha value is -2.09. The standard InChI is InChI=1S/C20H20BrN3O2S/c1-2-16-13-17(21)9-10-20(16)27(25,26)24(14-18-7-3-5-11-22-18)15-19-8-4-6-12-23-19/h3-13H,2,14-15H2,1H3. The van der Waals surface area contributed by atoms with E-state index in [0.717, 1.165) is 10.0 Å². The van der Waals surface area contributed by atoms with Gasteiger partial charge in [0.05, 0.1) is 29.4 Å². The highest BCUT2D eigenvalue weighted by molar-refractivity contribution is 9.10. The van der Waals surface area contributed by atoms with E-state index in [9.17, 15) is 8.42 Å². The second kappa shape index (κ2) is 8.73. The van der Waals surface area contributed by atoms with Crippen molar-refractivity contribution < 1.29 is 8.42 Å². The number of nitrogens with zero attached hydrogens (tertiary/aromatic N) is 3. The van der Waals surface area contributed by atoms with E-state index in [2.05, 4.69) is 25.9 Å². The highest BCUT2D eigenvalue weighted by Gasteiger charge is 2.27. The van der Waals surface area contributed by atoms with Crippen LogP contribution in [0.2, 0.25) is 0 Å². The van der Waals surface area contributed by atoms with Crippen LogP contribution < -0.4 is 0 Å². The molecule has 0 saturated heterocycles. The third-order valence-corrected chi connectivity index (χ3v) is 6.54. The predicted octanol–water partition coefficient (Wildman–Crippen LogP) is 4.19. The van der Waals surface area contributed by atoms with E-state index in [1.807, 2.05) is 49.4 Å². The number of sulfonamides is 1. The smallest absolute Gasteiger partial charge is 0.244 e. The van der Waals surface area contributed by atoms with Gasteiger partial charge in [0.25, 0.3) is 0 Å². The van der Waals surface area contributed by atoms with Gasteiger partial charge in [0.1, 0.15) is 0 Å². The van der Waals surface area contributed by atoms with Gasteiger partial charge in [-0.1, -0.05) is 35.0 Å². The quantitative estimate of drug-likeness (QED) is 0.546. The molecule has 27 heavy (non-hydrogen) atoms. The number of aromatic nitrogens is 2. The molecule has 0 aliphatic carbocycles. The zero-order valence-electron chi connectivity index (χ0n) is 14.9. The van der Waals surface area contributed by atoms with E-state index in [4.69, 9.17) is 0 Å². The van der Waals surface area contributed by atoms with Gasteiger partial charge >= 0.3 is 0 Å². The van der Waals surface area contributed by atoms with E-state index < -0.39 is 10.0 Å². The van der Waals surface area contributed by atoms with Gasteiger partial charge in [-0.3, -0.25) is 9.97 Å². The topological polar surface area (TPSA) is 63.2 Å². The number of hydrogen-bond donors (Lipinski definition) is 0. The normalized spacial score (nSPS) is 11.7.